The van der Waals surface area contributed by atoms with Gasteiger partial charge in [-0.05, 0) is 19.8 Å². The van der Waals surface area contributed by atoms with E-state index in [9.17, 15) is 4.79 Å². The summed E-state index contributed by atoms with van der Waals surface area (Å²) in [5.41, 5.74) is 0. The van der Waals surface area contributed by atoms with Gasteiger partial charge in [0, 0.05) is 6.42 Å². The maximum Gasteiger partial charge on any atom is 0.303 e. The lowest BCUT2D eigenvalue weighted by Crippen LogP contribution is -2.07. The Morgan fingerprint density at radius 1 is 1.60 bits per heavy atom. The van der Waals surface area contributed by atoms with E-state index >= 15 is 0 Å². The van der Waals surface area contributed by atoms with Crippen molar-refractivity contribution in [2.45, 2.75) is 23.3 Å². The van der Waals surface area contributed by atoms with Crippen LogP contribution in [0.4, 0.5) is 0 Å². The summed E-state index contributed by atoms with van der Waals surface area (Å²) >= 11 is 8.03. The number of rotatable bonds is 4. The molecule has 0 aliphatic rings. The number of carboxylic acid groups (broad SMARTS) is 1. The Bertz CT molecular complexity index is 117. The van der Waals surface area contributed by atoms with Gasteiger partial charge in [0.1, 0.15) is 0 Å². The Morgan fingerprint density at radius 2 is 2.10 bits per heavy atom. The Hall–Kier alpha value is 0.170. The van der Waals surface area contributed by atoms with Crippen molar-refractivity contribution in [2.75, 3.05) is 0 Å². The lowest BCUT2D eigenvalue weighted by molar-refractivity contribution is -0.137. The molecule has 4 heteroatoms. The van der Waals surface area contributed by atoms with E-state index < -0.39 is 10.0 Å². The van der Waals surface area contributed by atoms with Gasteiger partial charge in [0.25, 0.3) is 0 Å². The lowest BCUT2D eigenvalue weighted by atomic mass is 10.2. The number of hydrogen-bond donors (Lipinski definition) is 3. The first kappa shape index (κ1) is 10.2. The normalized spacial score (nSPS) is 11.5. The molecule has 0 aromatic rings. The summed E-state index contributed by atoms with van der Waals surface area (Å²) in [7, 11) is 0. The molecule has 1 N–H and O–H groups in total. The molecule has 10 heavy (non-hydrogen) atoms. The molecular weight excluding hydrogens is 168 g/mol. The van der Waals surface area contributed by atoms with Gasteiger partial charge in [-0.2, -0.15) is 25.3 Å². The third-order valence-corrected chi connectivity index (χ3v) is 1.42. The molecule has 0 saturated carbocycles. The van der Waals surface area contributed by atoms with Crippen LogP contribution in [0.1, 0.15) is 19.3 Å². The molecular formula is C6H11O2S2. The number of thiol groups is 2. The van der Waals surface area contributed by atoms with Crippen LogP contribution in [0.2, 0.25) is 0 Å². The fourth-order valence-corrected chi connectivity index (χ4v) is 0.839. The highest BCUT2D eigenvalue weighted by molar-refractivity contribution is 8.00. The Morgan fingerprint density at radius 3 is 2.40 bits per heavy atom. The molecule has 0 fully saturated rings. The quantitative estimate of drug-likeness (QED) is 0.453. The van der Waals surface area contributed by atoms with Gasteiger partial charge in [0.05, 0.1) is 4.08 Å². The average molecular weight is 179 g/mol. The van der Waals surface area contributed by atoms with Crippen LogP contribution in [0.3, 0.4) is 0 Å². The lowest BCUT2D eigenvalue weighted by Gasteiger charge is -2.14. The summed E-state index contributed by atoms with van der Waals surface area (Å²) in [4.78, 5) is 10.0. The topological polar surface area (TPSA) is 37.3 Å². The fraction of sp³-hybridized carbons (Fsp3) is 0.667. The largest absolute Gasteiger partial charge is 0.481 e. The number of hydrogen-bond acceptors (Lipinski definition) is 3. The van der Waals surface area contributed by atoms with Crippen LogP contribution in [0.5, 0.6) is 0 Å². The second-order valence-corrected chi connectivity index (χ2v) is 4.29. The first-order valence-electron chi connectivity index (χ1n) is 2.94. The molecule has 0 unspecified atom stereocenters. The van der Waals surface area contributed by atoms with Crippen molar-refractivity contribution in [3.63, 3.8) is 0 Å². The van der Waals surface area contributed by atoms with Gasteiger partial charge < -0.3 is 5.11 Å². The second kappa shape index (κ2) is 4.13. The van der Waals surface area contributed by atoms with Gasteiger partial charge in [-0.1, -0.05) is 0 Å². The highest BCUT2D eigenvalue weighted by Gasteiger charge is 2.12. The molecule has 0 aromatic heterocycles. The van der Waals surface area contributed by atoms with Gasteiger partial charge in [0.2, 0.25) is 0 Å². The summed E-state index contributed by atoms with van der Waals surface area (Å²) < 4.78 is -0.588. The Kier molecular flexibility index (Phi) is 4.20. The molecule has 0 spiro atoms. The van der Waals surface area contributed by atoms with E-state index in [1.165, 1.54) is 0 Å². The predicted octanol–water partition coefficient (Wildman–Crippen LogP) is 1.63. The van der Waals surface area contributed by atoms with Gasteiger partial charge in [0.15, 0.2) is 0 Å². The van der Waals surface area contributed by atoms with Crippen LogP contribution >= 0.6 is 25.3 Å². The van der Waals surface area contributed by atoms with E-state index in [1.807, 2.05) is 0 Å². The SMILES string of the molecule is [CH2]C(S)(S)CCCC(=O)O. The molecule has 0 aromatic carbocycles. The summed E-state index contributed by atoms with van der Waals surface area (Å²) in [6, 6.07) is 0. The molecule has 0 aliphatic heterocycles. The van der Waals surface area contributed by atoms with E-state index in [1.54, 1.807) is 0 Å². The molecule has 0 aliphatic carbocycles. The number of carbonyl (C=O) groups is 1. The average Bonchev–Trinajstić information content (AvgIpc) is 1.59. The minimum absolute atomic E-state index is 0.165. The third kappa shape index (κ3) is 8.17. The van der Waals surface area contributed by atoms with Gasteiger partial charge in [-0.25, -0.2) is 0 Å². The molecule has 0 bridgehead atoms. The Labute approximate surface area is 71.8 Å². The van der Waals surface area contributed by atoms with E-state index in [0.29, 0.717) is 12.8 Å². The molecule has 0 heterocycles. The van der Waals surface area contributed by atoms with Crippen LogP contribution < -0.4 is 0 Å². The van der Waals surface area contributed by atoms with E-state index in [0.717, 1.165) is 0 Å². The molecule has 2 nitrogen and oxygen atoms in total. The standard InChI is InChI=1S/C6H11O2S2/c1-6(9,10)4-2-3-5(7)8/h9-10H,1-4H2,(H,7,8). The summed E-state index contributed by atoms with van der Waals surface area (Å²) in [6.45, 7) is 3.60. The maximum atomic E-state index is 10.0. The van der Waals surface area contributed by atoms with E-state index in [4.69, 9.17) is 5.11 Å². The molecule has 59 valence electrons. The maximum absolute atomic E-state index is 10.0. The van der Waals surface area contributed by atoms with Crippen molar-refractivity contribution >= 4 is 31.2 Å². The smallest absolute Gasteiger partial charge is 0.303 e. The molecule has 0 rings (SSSR count). The Balaban J connectivity index is 3.29. The molecule has 0 atom stereocenters. The minimum Gasteiger partial charge on any atom is -0.481 e. The highest BCUT2D eigenvalue weighted by atomic mass is 32.2. The molecule has 1 radical (unpaired) electrons. The van der Waals surface area contributed by atoms with E-state index in [-0.39, 0.29) is 6.42 Å². The van der Waals surface area contributed by atoms with Crippen molar-refractivity contribution in [1.82, 2.24) is 0 Å². The predicted molar refractivity (Wildman–Crippen MR) is 47.5 cm³/mol. The summed E-state index contributed by atoms with van der Waals surface area (Å²) in [6.07, 6.45) is 1.34. The van der Waals surface area contributed by atoms with Crippen LogP contribution in [-0.2, 0) is 4.79 Å². The van der Waals surface area contributed by atoms with E-state index in [2.05, 4.69) is 32.2 Å². The second-order valence-electron chi connectivity index (χ2n) is 2.23. The molecule has 0 saturated heterocycles. The summed E-state index contributed by atoms with van der Waals surface area (Å²) in [5, 5.41) is 8.24. The molecule has 0 amide bonds. The minimum atomic E-state index is -0.786. The van der Waals surface area contributed by atoms with Gasteiger partial charge in [-0.15, -0.1) is 0 Å². The van der Waals surface area contributed by atoms with Crippen LogP contribution in [0.15, 0.2) is 0 Å². The number of carboxylic acids is 1. The van der Waals surface area contributed by atoms with Crippen LogP contribution in [0.25, 0.3) is 0 Å². The van der Waals surface area contributed by atoms with Crippen molar-refractivity contribution in [3.05, 3.63) is 6.92 Å². The van der Waals surface area contributed by atoms with Crippen molar-refractivity contribution < 1.29 is 9.90 Å². The first-order valence-corrected chi connectivity index (χ1v) is 3.83. The van der Waals surface area contributed by atoms with Gasteiger partial charge in [-0.3, -0.25) is 4.79 Å². The highest BCUT2D eigenvalue weighted by Crippen LogP contribution is 2.24. The van der Waals surface area contributed by atoms with Crippen LogP contribution in [0, 0.1) is 6.92 Å². The fourth-order valence-electron chi connectivity index (χ4n) is 0.523. The zero-order valence-electron chi connectivity index (χ0n) is 5.58. The zero-order valence-corrected chi connectivity index (χ0v) is 7.37. The van der Waals surface area contributed by atoms with Crippen molar-refractivity contribution in [3.8, 4) is 0 Å². The number of aliphatic carboxylic acids is 1. The van der Waals surface area contributed by atoms with Crippen molar-refractivity contribution in [2.24, 2.45) is 0 Å². The summed E-state index contributed by atoms with van der Waals surface area (Å²) in [5.74, 6) is -0.786. The zero-order chi connectivity index (χ0) is 8.20. The van der Waals surface area contributed by atoms with Crippen LogP contribution in [-0.4, -0.2) is 15.2 Å². The van der Waals surface area contributed by atoms with Gasteiger partial charge >= 0.3 is 5.97 Å². The van der Waals surface area contributed by atoms with Crippen molar-refractivity contribution in [1.29, 1.82) is 0 Å². The third-order valence-electron chi connectivity index (χ3n) is 0.968. The first-order chi connectivity index (χ1) is 4.42. The monoisotopic (exact) mass is 179 g/mol.